The molecule has 0 atom stereocenters. The van der Waals surface area contributed by atoms with E-state index < -0.39 is 0 Å². The van der Waals surface area contributed by atoms with E-state index in [1.54, 1.807) is 7.11 Å². The molecule has 1 rings (SSSR count). The third kappa shape index (κ3) is 68.4. The highest BCUT2D eigenvalue weighted by Crippen LogP contribution is 2.30. The summed E-state index contributed by atoms with van der Waals surface area (Å²) < 4.78 is 22.7. The van der Waals surface area contributed by atoms with Gasteiger partial charge in [0.05, 0.1) is 19.8 Å². The summed E-state index contributed by atoms with van der Waals surface area (Å²) in [6.07, 6.45) is 70.7. The number of oxime groups is 1. The van der Waals surface area contributed by atoms with E-state index in [-0.39, 0.29) is 42.7 Å². The topological polar surface area (TPSA) is 153 Å². The van der Waals surface area contributed by atoms with Crippen molar-refractivity contribution in [1.29, 1.82) is 0 Å². The molecule has 0 spiro atoms. The summed E-state index contributed by atoms with van der Waals surface area (Å²) in [6.45, 7) is 18.7. The Hall–Kier alpha value is -2.77. The molecule has 0 unspecified atom stereocenters. The zero-order chi connectivity index (χ0) is 69.9. The second-order valence-electron chi connectivity index (χ2n) is 28.9. The lowest BCUT2D eigenvalue weighted by molar-refractivity contribution is -0.151. The molecule has 0 aromatic heterocycles. The van der Waals surface area contributed by atoms with Crippen molar-refractivity contribution in [2.45, 2.75) is 432 Å². The zero-order valence-electron chi connectivity index (χ0n) is 64.6. The molecule has 13 nitrogen and oxygen atoms in total. The molecule has 0 aliphatic heterocycles. The number of aliphatic hydroxyl groups excluding tert-OH is 1. The van der Waals surface area contributed by atoms with E-state index in [2.05, 4.69) is 49.6 Å². The molecule has 96 heavy (non-hydrogen) atoms. The Kier molecular flexibility index (Phi) is 74.2. The zero-order valence-corrected chi connectivity index (χ0v) is 64.6. The van der Waals surface area contributed by atoms with E-state index in [1.807, 2.05) is 6.21 Å². The minimum Gasteiger partial charge on any atom is -0.466 e. The number of carbonyl (C=O) groups is 4. The van der Waals surface area contributed by atoms with Crippen molar-refractivity contribution in [1.82, 2.24) is 9.80 Å². The number of rotatable bonds is 73. The number of hydrogen-bond acceptors (Lipinski definition) is 13. The Morgan fingerprint density at radius 2 is 0.719 bits per heavy atom. The summed E-state index contributed by atoms with van der Waals surface area (Å²) in [5.41, 5.74) is 0. The fourth-order valence-electron chi connectivity index (χ4n) is 13.4. The van der Waals surface area contributed by atoms with Crippen LogP contribution in [0, 0.1) is 5.92 Å². The molecule has 0 aromatic rings. The van der Waals surface area contributed by atoms with Crippen molar-refractivity contribution >= 4 is 30.1 Å². The van der Waals surface area contributed by atoms with Gasteiger partial charge in [0.1, 0.15) is 19.3 Å². The summed E-state index contributed by atoms with van der Waals surface area (Å²) >= 11 is 0. The number of unbranched alkanes of at least 4 members (excludes halogenated alkanes) is 39. The largest absolute Gasteiger partial charge is 0.466 e. The molecule has 1 N–H and O–H groups in total. The Bertz CT molecular complexity index is 1650. The van der Waals surface area contributed by atoms with Crippen LogP contribution in [0.3, 0.4) is 0 Å². The molecular formula is C83H161N3O10. The summed E-state index contributed by atoms with van der Waals surface area (Å²) in [5.74, 6) is 0.796. The van der Waals surface area contributed by atoms with Crippen LogP contribution in [-0.4, -0.2) is 123 Å². The van der Waals surface area contributed by atoms with Gasteiger partial charge < -0.3 is 38.7 Å². The summed E-state index contributed by atoms with van der Waals surface area (Å²) in [7, 11) is 1.59. The van der Waals surface area contributed by atoms with Crippen molar-refractivity contribution in [3.8, 4) is 0 Å². The molecule has 0 aromatic carbocycles. The number of aliphatic hydroxyl groups is 1. The predicted molar refractivity (Wildman–Crippen MR) is 406 cm³/mol. The third-order valence-corrected chi connectivity index (χ3v) is 19.7. The van der Waals surface area contributed by atoms with Gasteiger partial charge >= 0.3 is 23.9 Å². The smallest absolute Gasteiger partial charge is 0.306 e. The molecule has 568 valence electrons. The van der Waals surface area contributed by atoms with E-state index in [9.17, 15) is 24.3 Å². The maximum Gasteiger partial charge on any atom is 0.306 e. The number of ether oxygens (including phenoxy) is 4. The lowest BCUT2D eigenvalue weighted by atomic mass is 9.84. The van der Waals surface area contributed by atoms with Crippen LogP contribution >= 0.6 is 0 Å². The first-order chi connectivity index (χ1) is 47.1. The second kappa shape index (κ2) is 76.4. The minimum absolute atomic E-state index is 0.0157. The SMILES string of the molecule is CCCCCCCCCOC(=O)CCCCCCCN(CCC/C=N/OC)CCCCCCCC(=O)OC(CCCCCCCC)CCCCCCCC.CCCCCCCCCOC(=O)CCCCCCCN(CCO)CCCCCC(=O)OC1CCC(CCCCC)CC1. The van der Waals surface area contributed by atoms with Gasteiger partial charge in [0, 0.05) is 38.4 Å². The molecule has 1 aliphatic carbocycles. The number of hydrogen-bond donors (Lipinski definition) is 1. The fourth-order valence-corrected chi connectivity index (χ4v) is 13.4. The maximum absolute atomic E-state index is 12.8. The Balaban J connectivity index is 0.00000194. The molecule has 1 fully saturated rings. The number of carbonyl (C=O) groups excluding carboxylic acids is 4. The van der Waals surface area contributed by atoms with E-state index in [0.717, 1.165) is 167 Å². The van der Waals surface area contributed by atoms with Gasteiger partial charge in [0.25, 0.3) is 0 Å². The molecule has 0 heterocycles. The van der Waals surface area contributed by atoms with Crippen LogP contribution in [0.4, 0.5) is 0 Å². The molecule has 0 amide bonds. The first kappa shape index (κ1) is 93.2. The van der Waals surface area contributed by atoms with Crippen molar-refractivity contribution in [3.63, 3.8) is 0 Å². The van der Waals surface area contributed by atoms with E-state index in [1.165, 1.54) is 231 Å². The van der Waals surface area contributed by atoms with Crippen LogP contribution < -0.4 is 0 Å². The molecule has 0 saturated heterocycles. The van der Waals surface area contributed by atoms with Crippen LogP contribution in [0.25, 0.3) is 0 Å². The van der Waals surface area contributed by atoms with Crippen molar-refractivity contribution in [2.75, 3.05) is 66.2 Å². The summed E-state index contributed by atoms with van der Waals surface area (Å²) in [4.78, 5) is 58.9. The first-order valence-corrected chi connectivity index (χ1v) is 42.0. The summed E-state index contributed by atoms with van der Waals surface area (Å²) in [6, 6.07) is 0. The Labute approximate surface area is 594 Å². The lowest BCUT2D eigenvalue weighted by Gasteiger charge is -2.28. The van der Waals surface area contributed by atoms with E-state index in [4.69, 9.17) is 23.8 Å². The number of esters is 4. The molecule has 13 heteroatoms. The van der Waals surface area contributed by atoms with Gasteiger partial charge in [-0.25, -0.2) is 0 Å². The van der Waals surface area contributed by atoms with Gasteiger partial charge in [-0.3, -0.25) is 19.2 Å². The Morgan fingerprint density at radius 3 is 1.14 bits per heavy atom. The maximum atomic E-state index is 12.8. The summed E-state index contributed by atoms with van der Waals surface area (Å²) in [5, 5.41) is 13.3. The fraction of sp³-hybridized carbons (Fsp3) is 0.940. The quantitative estimate of drug-likeness (QED) is 0.0203. The highest BCUT2D eigenvalue weighted by Gasteiger charge is 2.24. The molecule has 1 aliphatic rings. The molecule has 0 radical (unpaired) electrons. The average Bonchev–Trinajstić information content (AvgIpc) is 1.52. The van der Waals surface area contributed by atoms with Crippen LogP contribution in [0.2, 0.25) is 0 Å². The lowest BCUT2D eigenvalue weighted by Crippen LogP contribution is -2.29. The van der Waals surface area contributed by atoms with Gasteiger partial charge in [-0.15, -0.1) is 0 Å². The van der Waals surface area contributed by atoms with E-state index >= 15 is 0 Å². The van der Waals surface area contributed by atoms with Crippen LogP contribution in [-0.2, 0) is 43.0 Å². The van der Waals surface area contributed by atoms with Crippen LogP contribution in [0.1, 0.15) is 420 Å². The normalized spacial score (nSPS) is 14.0. The third-order valence-electron chi connectivity index (χ3n) is 19.7. The molecule has 0 bridgehead atoms. The number of nitrogens with zero attached hydrogens (tertiary/aromatic N) is 3. The first-order valence-electron chi connectivity index (χ1n) is 42.0. The van der Waals surface area contributed by atoms with Gasteiger partial charge in [0.2, 0.25) is 0 Å². The predicted octanol–water partition coefficient (Wildman–Crippen LogP) is 23.2. The molecular weight excluding hydrogens is 1200 g/mol. The molecule has 1 saturated carbocycles. The average molecular weight is 1360 g/mol. The van der Waals surface area contributed by atoms with Gasteiger partial charge in [-0.1, -0.05) is 271 Å². The van der Waals surface area contributed by atoms with Crippen molar-refractivity contribution in [3.05, 3.63) is 0 Å². The van der Waals surface area contributed by atoms with Crippen molar-refractivity contribution in [2.24, 2.45) is 11.1 Å². The second-order valence-corrected chi connectivity index (χ2v) is 28.9. The highest BCUT2D eigenvalue weighted by atomic mass is 16.6. The van der Waals surface area contributed by atoms with Crippen LogP contribution in [0.15, 0.2) is 5.16 Å². The van der Waals surface area contributed by atoms with E-state index in [0.29, 0.717) is 45.4 Å². The van der Waals surface area contributed by atoms with Gasteiger partial charge in [0.15, 0.2) is 0 Å². The van der Waals surface area contributed by atoms with Gasteiger partial charge in [-0.05, 0) is 167 Å². The van der Waals surface area contributed by atoms with Crippen molar-refractivity contribution < 1.29 is 48.1 Å². The van der Waals surface area contributed by atoms with Crippen LogP contribution in [0.5, 0.6) is 0 Å². The standard InChI is InChI=1S/C47H92N2O5.C36H69NO5/c1-5-8-11-14-17-26-35-44-53-46(50)38-29-22-18-24-32-41-49(43-34-31-40-48-52-4)42-33-25-19-23-30-39-47(51)54-45(36-27-20-15-12-9-6-2)37-28-21-16-13-10-7-3;1-3-5-7-8-9-13-20-32-41-35(39)22-16-11-10-12-18-28-37(30-31-38)29-19-14-17-23-36(40)42-34-26-24-33(25-27-34)21-15-6-4-2/h40,45H,5-39,41-44H2,1-4H3;33-34,38H,3-32H2,1-2H3/b48-40+;. The monoisotopic (exact) mass is 1360 g/mol. The highest BCUT2D eigenvalue weighted by molar-refractivity contribution is 5.70. The minimum atomic E-state index is -0.0383. The van der Waals surface area contributed by atoms with Gasteiger partial charge in [-0.2, -0.15) is 0 Å². The Morgan fingerprint density at radius 1 is 0.385 bits per heavy atom.